The Labute approximate surface area is 282 Å². The van der Waals surface area contributed by atoms with Gasteiger partial charge in [-0.05, 0) is 103 Å². The molecule has 0 unspecified atom stereocenters. The molecule has 2 aliphatic rings. The predicted molar refractivity (Wildman–Crippen MR) is 190 cm³/mol. The average molecular weight is 654 g/mol. The Morgan fingerprint density at radius 3 is 2.33 bits per heavy atom. The van der Waals surface area contributed by atoms with Crippen molar-refractivity contribution in [3.63, 3.8) is 0 Å². The number of benzene rings is 2. The molecule has 252 valence electrons. The predicted octanol–water partition coefficient (Wildman–Crippen LogP) is 7.52. The number of halogens is 1. The van der Waals surface area contributed by atoms with Gasteiger partial charge in [0.2, 0.25) is 5.88 Å². The quantitative estimate of drug-likeness (QED) is 0.162. The smallest absolute Gasteiger partial charge is 0.440 e. The second-order valence-electron chi connectivity index (χ2n) is 15.2. The molecule has 0 saturated carbocycles. The van der Waals surface area contributed by atoms with E-state index in [2.05, 4.69) is 29.0 Å². The third kappa shape index (κ3) is 6.05. The highest BCUT2D eigenvalue weighted by molar-refractivity contribution is 6.63. The number of carbonyl (C=O) groups is 1. The van der Waals surface area contributed by atoms with E-state index >= 15 is 4.39 Å². The maximum Gasteiger partial charge on any atom is 0.498 e. The van der Waals surface area contributed by atoms with Gasteiger partial charge in [0.05, 0.1) is 39.6 Å². The Hall–Kier alpha value is -4.02. The zero-order valence-electron chi connectivity index (χ0n) is 29.4. The summed E-state index contributed by atoms with van der Waals surface area (Å²) in [5, 5.41) is 4.08. The van der Waals surface area contributed by atoms with Crippen LogP contribution in [0.3, 0.4) is 0 Å². The number of nitrogens with zero attached hydrogens (tertiary/aromatic N) is 2. The third-order valence-corrected chi connectivity index (χ3v) is 10.5. The molecule has 2 saturated heterocycles. The molecular formula is C38H45BFN3O5. The molecule has 8 nitrogen and oxygen atoms in total. The molecule has 0 spiro atoms. The van der Waals surface area contributed by atoms with E-state index in [1.165, 1.54) is 6.07 Å². The van der Waals surface area contributed by atoms with E-state index in [0.717, 1.165) is 37.1 Å². The lowest BCUT2D eigenvalue weighted by Gasteiger charge is -2.37. The third-order valence-electron chi connectivity index (χ3n) is 10.5. The van der Waals surface area contributed by atoms with E-state index in [4.69, 9.17) is 13.7 Å². The molecule has 1 atom stereocenters. The zero-order valence-corrected chi connectivity index (χ0v) is 29.4. The first kappa shape index (κ1) is 33.9. The highest BCUT2D eigenvalue weighted by Gasteiger charge is 2.53. The lowest BCUT2D eigenvalue weighted by Crippen LogP contribution is -2.41. The highest BCUT2D eigenvalue weighted by Crippen LogP contribution is 2.39. The van der Waals surface area contributed by atoms with Crippen LogP contribution in [0.15, 0.2) is 51.8 Å². The van der Waals surface area contributed by atoms with Crippen molar-refractivity contribution in [2.24, 2.45) is 5.41 Å². The molecule has 2 aromatic heterocycles. The van der Waals surface area contributed by atoms with Crippen molar-refractivity contribution in [1.82, 2.24) is 4.98 Å². The molecule has 0 bridgehead atoms. The fraction of sp³-hybridized carbons (Fsp3) is 0.447. The van der Waals surface area contributed by atoms with Crippen molar-refractivity contribution in [1.29, 1.82) is 0 Å². The summed E-state index contributed by atoms with van der Waals surface area (Å²) >= 11 is 0. The second kappa shape index (κ2) is 12.1. The SMILES string of the molecule is Cc1cc([C@H](C)Nc2cccnc2-c2cc(F)c(B3OC(C)(C)C(C)(C)O3)c(C=O)c2)c2oc(N3CCC(C)(C)CC3)c(C)c(=O)c2c1. The van der Waals surface area contributed by atoms with E-state index in [1.54, 1.807) is 18.3 Å². The molecule has 0 amide bonds. The van der Waals surface area contributed by atoms with Crippen molar-refractivity contribution < 1.29 is 22.9 Å². The number of rotatable bonds is 7. The largest absolute Gasteiger partial charge is 0.498 e. The van der Waals surface area contributed by atoms with Gasteiger partial charge in [-0.2, -0.15) is 0 Å². The number of aldehydes is 1. The van der Waals surface area contributed by atoms with Gasteiger partial charge in [-0.25, -0.2) is 4.39 Å². The van der Waals surface area contributed by atoms with Gasteiger partial charge in [-0.1, -0.05) is 19.9 Å². The first-order valence-corrected chi connectivity index (χ1v) is 16.7. The van der Waals surface area contributed by atoms with Crippen molar-refractivity contribution in [3.05, 3.63) is 80.9 Å². The van der Waals surface area contributed by atoms with Crippen LogP contribution in [0.25, 0.3) is 22.2 Å². The van der Waals surface area contributed by atoms with Crippen LogP contribution in [0.4, 0.5) is 16.0 Å². The summed E-state index contributed by atoms with van der Waals surface area (Å²) in [5.74, 6) is 0.00882. The number of anilines is 2. The summed E-state index contributed by atoms with van der Waals surface area (Å²) in [4.78, 5) is 32.8. The molecule has 48 heavy (non-hydrogen) atoms. The van der Waals surface area contributed by atoms with Gasteiger partial charge in [0.1, 0.15) is 17.7 Å². The molecule has 4 aromatic rings. The number of piperidine rings is 1. The van der Waals surface area contributed by atoms with Crippen molar-refractivity contribution in [2.45, 2.75) is 92.4 Å². The topological polar surface area (TPSA) is 93.9 Å². The maximum atomic E-state index is 15.9. The van der Waals surface area contributed by atoms with Crippen molar-refractivity contribution >= 4 is 41.4 Å². The minimum atomic E-state index is -1.03. The number of hydrogen-bond donors (Lipinski definition) is 1. The van der Waals surface area contributed by atoms with Gasteiger partial charge in [-0.3, -0.25) is 14.6 Å². The molecule has 1 N–H and O–H groups in total. The van der Waals surface area contributed by atoms with E-state index in [9.17, 15) is 9.59 Å². The van der Waals surface area contributed by atoms with Gasteiger partial charge in [-0.15, -0.1) is 0 Å². The van der Waals surface area contributed by atoms with Gasteiger partial charge < -0.3 is 23.9 Å². The summed E-state index contributed by atoms with van der Waals surface area (Å²) in [6.45, 7) is 19.5. The highest BCUT2D eigenvalue weighted by atomic mass is 19.1. The number of nitrogens with one attached hydrogen (secondary N) is 1. The van der Waals surface area contributed by atoms with Gasteiger partial charge >= 0.3 is 7.12 Å². The van der Waals surface area contributed by atoms with Crippen LogP contribution in [-0.4, -0.2) is 42.7 Å². The first-order valence-electron chi connectivity index (χ1n) is 16.7. The number of hydrogen-bond acceptors (Lipinski definition) is 8. The summed E-state index contributed by atoms with van der Waals surface area (Å²) in [6.07, 6.45) is 4.28. The second-order valence-corrected chi connectivity index (χ2v) is 15.2. The summed E-state index contributed by atoms with van der Waals surface area (Å²) in [7, 11) is -1.03. The number of carbonyl (C=O) groups excluding carboxylic acids is 1. The van der Waals surface area contributed by atoms with E-state index in [-0.39, 0.29) is 27.9 Å². The van der Waals surface area contributed by atoms with E-state index in [1.807, 2.05) is 66.7 Å². The molecule has 4 heterocycles. The van der Waals surface area contributed by atoms with Crippen LogP contribution >= 0.6 is 0 Å². The van der Waals surface area contributed by atoms with Crippen LogP contribution in [0.2, 0.25) is 0 Å². The minimum Gasteiger partial charge on any atom is -0.440 e. The Balaban J connectivity index is 1.37. The van der Waals surface area contributed by atoms with Gasteiger partial charge in [0.15, 0.2) is 5.43 Å². The van der Waals surface area contributed by atoms with Gasteiger partial charge in [0.25, 0.3) is 0 Å². The standard InChI is InChI=1S/C38H45BFN3O5/c1-22-17-27(34-28(18-22)33(45)23(2)35(46-34)43-15-12-36(4,5)13-16-43)24(3)42-30-11-10-14-41-32(30)25-19-26(21-44)31(29(40)20-25)39-47-37(6,7)38(8,9)48-39/h10-11,14,17-21,24,42H,12-13,15-16H2,1-9H3/t24-/m0/s1. The molecule has 2 aromatic carbocycles. The number of pyridine rings is 1. The fourth-order valence-electron chi connectivity index (χ4n) is 6.64. The van der Waals surface area contributed by atoms with Gasteiger partial charge in [0, 0.05) is 41.4 Å². The van der Waals surface area contributed by atoms with Crippen LogP contribution in [0.1, 0.15) is 94.4 Å². The maximum absolute atomic E-state index is 15.9. The molecule has 0 aliphatic carbocycles. The number of aromatic nitrogens is 1. The Bertz CT molecular complexity index is 1940. The zero-order chi connectivity index (χ0) is 34.8. The number of fused-ring (bicyclic) bond motifs is 1. The monoisotopic (exact) mass is 653 g/mol. The van der Waals surface area contributed by atoms with Crippen molar-refractivity contribution in [3.8, 4) is 11.3 Å². The summed E-state index contributed by atoms with van der Waals surface area (Å²) in [5.41, 5.74) is 3.48. The van der Waals surface area contributed by atoms with Crippen LogP contribution in [-0.2, 0) is 9.31 Å². The minimum absolute atomic E-state index is 0.0331. The fourth-order valence-corrected chi connectivity index (χ4v) is 6.64. The molecule has 2 fully saturated rings. The van der Waals surface area contributed by atoms with E-state index in [0.29, 0.717) is 45.6 Å². The van der Waals surface area contributed by atoms with Crippen LogP contribution < -0.4 is 21.1 Å². The average Bonchev–Trinajstić information content (AvgIpc) is 3.24. The van der Waals surface area contributed by atoms with E-state index < -0.39 is 24.1 Å². The molecule has 2 aliphatic heterocycles. The first-order chi connectivity index (χ1) is 22.5. The Morgan fingerprint density at radius 1 is 1.02 bits per heavy atom. The molecule has 6 rings (SSSR count). The summed E-state index contributed by atoms with van der Waals surface area (Å²) in [6, 6.07) is 10.2. The Kier molecular flexibility index (Phi) is 8.57. The molecular weight excluding hydrogens is 608 g/mol. The summed E-state index contributed by atoms with van der Waals surface area (Å²) < 4.78 is 34.7. The molecule has 0 radical (unpaired) electrons. The normalized spacial score (nSPS) is 19.0. The number of aryl methyl sites for hydroxylation is 1. The Morgan fingerprint density at radius 2 is 1.69 bits per heavy atom. The van der Waals surface area contributed by atoms with Crippen LogP contribution in [0.5, 0.6) is 0 Å². The van der Waals surface area contributed by atoms with Crippen LogP contribution in [0, 0.1) is 25.1 Å². The lowest BCUT2D eigenvalue weighted by molar-refractivity contribution is 0.00578. The molecule has 10 heteroatoms. The van der Waals surface area contributed by atoms with Crippen molar-refractivity contribution in [2.75, 3.05) is 23.3 Å². The lowest BCUT2D eigenvalue weighted by atomic mass is 9.75.